The number of hydrogen-bond acceptors (Lipinski definition) is 4. The first kappa shape index (κ1) is 17.5. The Bertz CT molecular complexity index is 1570. The van der Waals surface area contributed by atoms with Gasteiger partial charge in [-0.05, 0) is 48.9 Å². The average Bonchev–Trinajstić information content (AvgIpc) is 3.50. The molecule has 31 heavy (non-hydrogen) atoms. The number of nitrogens with zero attached hydrogens (tertiary/aromatic N) is 4. The number of anilines is 1. The Morgan fingerprint density at radius 1 is 0.935 bits per heavy atom. The van der Waals surface area contributed by atoms with Crippen LogP contribution in [0.4, 0.5) is 5.69 Å². The van der Waals surface area contributed by atoms with E-state index in [9.17, 15) is 0 Å². The number of imidazole rings is 1. The first-order chi connectivity index (χ1) is 15.2. The summed E-state index contributed by atoms with van der Waals surface area (Å²) in [5.74, 6) is 0. The van der Waals surface area contributed by atoms with Gasteiger partial charge in [-0.3, -0.25) is 10.1 Å². The number of nitrogens with one attached hydrogen (secondary N) is 2. The molecule has 2 aromatic carbocycles. The van der Waals surface area contributed by atoms with Gasteiger partial charge in [0.25, 0.3) is 0 Å². The molecule has 7 heteroatoms. The minimum atomic E-state index is 0.642. The minimum absolute atomic E-state index is 0.642. The van der Waals surface area contributed by atoms with Crippen LogP contribution in [0.25, 0.3) is 50.0 Å². The largest absolute Gasteiger partial charge is 0.397 e. The zero-order valence-electron chi connectivity index (χ0n) is 16.8. The second-order valence-electron chi connectivity index (χ2n) is 7.68. The van der Waals surface area contributed by atoms with E-state index in [1.54, 1.807) is 6.20 Å². The van der Waals surface area contributed by atoms with Crippen molar-refractivity contribution in [1.82, 2.24) is 29.7 Å². The Hall–Kier alpha value is -4.39. The second kappa shape index (κ2) is 6.56. The summed E-state index contributed by atoms with van der Waals surface area (Å²) in [6, 6.07) is 16.5. The van der Waals surface area contributed by atoms with Crippen LogP contribution >= 0.6 is 0 Å². The zero-order chi connectivity index (χ0) is 20.9. The number of rotatable bonds is 3. The van der Waals surface area contributed by atoms with Gasteiger partial charge in [-0.1, -0.05) is 12.1 Å². The summed E-state index contributed by atoms with van der Waals surface area (Å²) in [5.41, 5.74) is 14.5. The first-order valence-corrected chi connectivity index (χ1v) is 9.98. The van der Waals surface area contributed by atoms with Crippen LogP contribution in [0.15, 0.2) is 73.4 Å². The van der Waals surface area contributed by atoms with Crippen molar-refractivity contribution >= 4 is 27.5 Å². The fraction of sp³-hybridized carbons (Fsp3) is 0.0417. The molecule has 6 aromatic rings. The highest BCUT2D eigenvalue weighted by atomic mass is 15.1. The van der Waals surface area contributed by atoms with Crippen molar-refractivity contribution in [2.24, 2.45) is 0 Å². The molecule has 0 radical (unpaired) electrons. The van der Waals surface area contributed by atoms with Gasteiger partial charge in [0, 0.05) is 40.4 Å². The van der Waals surface area contributed by atoms with E-state index in [2.05, 4.69) is 49.4 Å². The molecule has 0 bridgehead atoms. The Balaban J connectivity index is 1.51. The van der Waals surface area contributed by atoms with E-state index in [1.807, 2.05) is 54.5 Å². The van der Waals surface area contributed by atoms with E-state index in [4.69, 9.17) is 5.73 Å². The van der Waals surface area contributed by atoms with Gasteiger partial charge in [0.1, 0.15) is 5.69 Å². The fourth-order valence-electron chi connectivity index (χ4n) is 4.06. The molecular weight excluding hydrogens is 386 g/mol. The monoisotopic (exact) mass is 405 g/mol. The average molecular weight is 405 g/mol. The summed E-state index contributed by atoms with van der Waals surface area (Å²) in [5, 5.41) is 9.90. The Labute approximate surface area is 177 Å². The van der Waals surface area contributed by atoms with Crippen LogP contribution in [0, 0.1) is 6.92 Å². The summed E-state index contributed by atoms with van der Waals surface area (Å²) in [4.78, 5) is 12.1. The van der Waals surface area contributed by atoms with Crippen LogP contribution in [0.5, 0.6) is 0 Å². The summed E-state index contributed by atoms with van der Waals surface area (Å²) in [7, 11) is 0. The molecule has 0 saturated heterocycles. The van der Waals surface area contributed by atoms with Crippen LogP contribution in [-0.4, -0.2) is 29.7 Å². The Kier molecular flexibility index (Phi) is 3.70. The summed E-state index contributed by atoms with van der Waals surface area (Å²) in [6.07, 6.45) is 7.33. The molecule has 150 valence electrons. The summed E-state index contributed by atoms with van der Waals surface area (Å²) < 4.78 is 2.04. The SMILES string of the molecule is Cc1cn(-c2cccc3[nH]c(-c4n[nH]c5ccc(-c6cncc(N)c6)cc45)cc23)cn1. The molecule has 0 saturated carbocycles. The van der Waals surface area contributed by atoms with E-state index in [0.717, 1.165) is 55.7 Å². The molecule has 0 aliphatic heterocycles. The maximum Gasteiger partial charge on any atom is 0.116 e. The van der Waals surface area contributed by atoms with Crippen LogP contribution in [0.1, 0.15) is 5.69 Å². The van der Waals surface area contributed by atoms with Crippen molar-refractivity contribution in [2.75, 3.05) is 5.73 Å². The van der Waals surface area contributed by atoms with Gasteiger partial charge in [-0.2, -0.15) is 5.10 Å². The summed E-state index contributed by atoms with van der Waals surface area (Å²) >= 11 is 0. The van der Waals surface area contributed by atoms with Crippen molar-refractivity contribution in [3.05, 3.63) is 79.1 Å². The molecule has 0 aliphatic carbocycles. The lowest BCUT2D eigenvalue weighted by Crippen LogP contribution is -1.89. The van der Waals surface area contributed by atoms with Crippen molar-refractivity contribution in [2.45, 2.75) is 6.92 Å². The van der Waals surface area contributed by atoms with Gasteiger partial charge in [0.15, 0.2) is 0 Å². The van der Waals surface area contributed by atoms with Gasteiger partial charge in [-0.15, -0.1) is 0 Å². The molecule has 4 aromatic heterocycles. The van der Waals surface area contributed by atoms with E-state index >= 15 is 0 Å². The number of fused-ring (bicyclic) bond motifs is 2. The standard InChI is InChI=1S/C24H19N7/c1-14-12-31(13-27-14)23-4-2-3-20-18(23)9-22(28-20)24-19-8-15(5-6-21(19)29-30-24)16-7-17(25)11-26-10-16/h2-13,28H,25H2,1H3,(H,29,30). The molecule has 0 atom stereocenters. The lowest BCUT2D eigenvalue weighted by molar-refractivity contribution is 1.07. The molecule has 0 amide bonds. The molecule has 7 nitrogen and oxygen atoms in total. The van der Waals surface area contributed by atoms with Gasteiger partial charge in [-0.25, -0.2) is 4.98 Å². The highest BCUT2D eigenvalue weighted by Gasteiger charge is 2.14. The van der Waals surface area contributed by atoms with Crippen molar-refractivity contribution in [1.29, 1.82) is 0 Å². The molecule has 4 N–H and O–H groups in total. The molecule has 4 heterocycles. The molecular formula is C24H19N7. The number of nitrogen functional groups attached to an aromatic ring is 1. The third kappa shape index (κ3) is 2.86. The number of nitrogens with two attached hydrogens (primary N) is 1. The molecule has 0 aliphatic rings. The van der Waals surface area contributed by atoms with Gasteiger partial charge < -0.3 is 15.3 Å². The highest BCUT2D eigenvalue weighted by molar-refractivity contribution is 5.99. The lowest BCUT2D eigenvalue weighted by atomic mass is 10.0. The smallest absolute Gasteiger partial charge is 0.116 e. The van der Waals surface area contributed by atoms with Gasteiger partial charge in [0.05, 0.1) is 34.6 Å². The maximum absolute atomic E-state index is 5.92. The molecule has 0 spiro atoms. The van der Waals surface area contributed by atoms with Crippen molar-refractivity contribution in [3.8, 4) is 28.2 Å². The van der Waals surface area contributed by atoms with Crippen LogP contribution in [0.3, 0.4) is 0 Å². The first-order valence-electron chi connectivity index (χ1n) is 9.98. The predicted octanol–water partition coefficient (Wildman–Crippen LogP) is 4.85. The van der Waals surface area contributed by atoms with E-state index in [1.165, 1.54) is 0 Å². The van der Waals surface area contributed by atoms with Crippen LogP contribution in [0.2, 0.25) is 0 Å². The number of aryl methyl sites for hydroxylation is 1. The molecule has 6 rings (SSSR count). The van der Waals surface area contributed by atoms with E-state index in [0.29, 0.717) is 5.69 Å². The Morgan fingerprint density at radius 2 is 1.87 bits per heavy atom. The lowest BCUT2D eigenvalue weighted by Gasteiger charge is -2.03. The number of benzene rings is 2. The number of aromatic amines is 2. The quantitative estimate of drug-likeness (QED) is 0.392. The van der Waals surface area contributed by atoms with E-state index < -0.39 is 0 Å². The van der Waals surface area contributed by atoms with Crippen LogP contribution in [-0.2, 0) is 0 Å². The number of aromatic nitrogens is 6. The topological polar surface area (TPSA) is 101 Å². The van der Waals surface area contributed by atoms with Gasteiger partial charge >= 0.3 is 0 Å². The normalized spacial score (nSPS) is 11.5. The molecule has 0 unspecified atom stereocenters. The summed E-state index contributed by atoms with van der Waals surface area (Å²) in [6.45, 7) is 1.99. The van der Waals surface area contributed by atoms with E-state index in [-0.39, 0.29) is 0 Å². The zero-order valence-corrected chi connectivity index (χ0v) is 16.8. The second-order valence-corrected chi connectivity index (χ2v) is 7.68. The number of pyridine rings is 1. The van der Waals surface area contributed by atoms with Crippen molar-refractivity contribution < 1.29 is 0 Å². The van der Waals surface area contributed by atoms with Gasteiger partial charge in [0.2, 0.25) is 0 Å². The highest BCUT2D eigenvalue weighted by Crippen LogP contribution is 2.33. The number of H-pyrrole nitrogens is 2. The minimum Gasteiger partial charge on any atom is -0.397 e. The number of hydrogen-bond donors (Lipinski definition) is 3. The van der Waals surface area contributed by atoms with Crippen LogP contribution < -0.4 is 5.73 Å². The third-order valence-electron chi connectivity index (χ3n) is 5.54. The third-order valence-corrected chi connectivity index (χ3v) is 5.54. The maximum atomic E-state index is 5.92. The predicted molar refractivity (Wildman–Crippen MR) is 123 cm³/mol. The van der Waals surface area contributed by atoms with Crippen molar-refractivity contribution in [3.63, 3.8) is 0 Å². The molecule has 0 fully saturated rings. The Morgan fingerprint density at radius 3 is 2.71 bits per heavy atom. The fourth-order valence-corrected chi connectivity index (χ4v) is 4.06.